The molecule has 2 rings (SSSR count). The van der Waals surface area contributed by atoms with E-state index in [1.165, 1.54) is 4.90 Å². The van der Waals surface area contributed by atoms with Crippen molar-refractivity contribution in [1.29, 1.82) is 0 Å². The minimum Gasteiger partial charge on any atom is -0.481 e. The summed E-state index contributed by atoms with van der Waals surface area (Å²) in [6.07, 6.45) is 2.38. The van der Waals surface area contributed by atoms with Gasteiger partial charge in [0.25, 0.3) is 0 Å². The number of rotatable bonds is 5. The summed E-state index contributed by atoms with van der Waals surface area (Å²) < 4.78 is 0. The van der Waals surface area contributed by atoms with Crippen LogP contribution in [0.4, 0.5) is 4.79 Å². The molecule has 21 heavy (non-hydrogen) atoms. The van der Waals surface area contributed by atoms with Crippen molar-refractivity contribution >= 4 is 12.0 Å². The van der Waals surface area contributed by atoms with Crippen molar-refractivity contribution < 1.29 is 14.7 Å². The fourth-order valence-electron chi connectivity index (χ4n) is 2.56. The zero-order valence-corrected chi connectivity index (χ0v) is 12.4. The van der Waals surface area contributed by atoms with E-state index in [9.17, 15) is 9.59 Å². The first-order valence-corrected chi connectivity index (χ1v) is 7.08. The number of aromatic nitrogens is 1. The summed E-state index contributed by atoms with van der Waals surface area (Å²) in [7, 11) is 1.69. The first kappa shape index (κ1) is 15.3. The van der Waals surface area contributed by atoms with Crippen molar-refractivity contribution in [2.75, 3.05) is 7.05 Å². The zero-order chi connectivity index (χ0) is 15.5. The molecule has 0 aromatic carbocycles. The molecule has 1 aromatic heterocycles. The highest BCUT2D eigenvalue weighted by Crippen LogP contribution is 2.35. The zero-order valence-electron chi connectivity index (χ0n) is 12.4. The molecule has 1 saturated carbocycles. The lowest BCUT2D eigenvalue weighted by Gasteiger charge is -2.42. The van der Waals surface area contributed by atoms with E-state index in [1.807, 2.05) is 25.1 Å². The summed E-state index contributed by atoms with van der Waals surface area (Å²) in [6.45, 7) is 2.30. The monoisotopic (exact) mass is 291 g/mol. The molecule has 1 heterocycles. The van der Waals surface area contributed by atoms with Gasteiger partial charge in [0.2, 0.25) is 0 Å². The van der Waals surface area contributed by atoms with Crippen LogP contribution in [0.5, 0.6) is 0 Å². The van der Waals surface area contributed by atoms with Crippen LogP contribution in [0.15, 0.2) is 18.2 Å². The Morgan fingerprint density at radius 3 is 2.67 bits per heavy atom. The number of urea groups is 1. The maximum Gasteiger partial charge on any atom is 0.317 e. The van der Waals surface area contributed by atoms with Gasteiger partial charge in [0.15, 0.2) is 0 Å². The summed E-state index contributed by atoms with van der Waals surface area (Å²) in [5, 5.41) is 11.8. The molecular formula is C15H21N3O3. The van der Waals surface area contributed by atoms with Crippen LogP contribution in [0, 0.1) is 6.92 Å². The second-order valence-electron chi connectivity index (χ2n) is 5.76. The molecule has 1 fully saturated rings. The van der Waals surface area contributed by atoms with Crippen molar-refractivity contribution in [2.45, 2.75) is 44.7 Å². The number of aryl methyl sites for hydroxylation is 1. The van der Waals surface area contributed by atoms with Crippen LogP contribution in [0.2, 0.25) is 0 Å². The molecule has 2 N–H and O–H groups in total. The lowest BCUT2D eigenvalue weighted by atomic mass is 9.74. The van der Waals surface area contributed by atoms with E-state index in [0.717, 1.165) is 30.7 Å². The first-order valence-electron chi connectivity index (χ1n) is 7.08. The van der Waals surface area contributed by atoms with Gasteiger partial charge < -0.3 is 15.3 Å². The highest BCUT2D eigenvalue weighted by Gasteiger charge is 2.40. The molecule has 114 valence electrons. The molecule has 6 heteroatoms. The van der Waals surface area contributed by atoms with Crippen LogP contribution < -0.4 is 5.32 Å². The number of carboxylic acid groups (broad SMARTS) is 1. The third-order valence-corrected chi connectivity index (χ3v) is 3.86. The maximum atomic E-state index is 12.2. The Balaban J connectivity index is 1.94. The number of hydrogen-bond donors (Lipinski definition) is 2. The largest absolute Gasteiger partial charge is 0.481 e. The molecule has 1 aliphatic rings. The van der Waals surface area contributed by atoms with E-state index in [1.54, 1.807) is 7.05 Å². The van der Waals surface area contributed by atoms with Gasteiger partial charge in [-0.05, 0) is 38.3 Å². The van der Waals surface area contributed by atoms with Gasteiger partial charge in [0.05, 0.1) is 24.2 Å². The summed E-state index contributed by atoms with van der Waals surface area (Å²) >= 11 is 0. The second kappa shape index (κ2) is 6.11. The van der Waals surface area contributed by atoms with Gasteiger partial charge in [-0.3, -0.25) is 9.78 Å². The fraction of sp³-hybridized carbons (Fsp3) is 0.533. The smallest absolute Gasteiger partial charge is 0.317 e. The number of nitrogens with one attached hydrogen (secondary N) is 1. The fourth-order valence-corrected chi connectivity index (χ4v) is 2.56. The molecule has 1 aliphatic carbocycles. The number of nitrogens with zero attached hydrogens (tertiary/aromatic N) is 2. The van der Waals surface area contributed by atoms with E-state index < -0.39 is 11.5 Å². The van der Waals surface area contributed by atoms with Crippen LogP contribution >= 0.6 is 0 Å². The van der Waals surface area contributed by atoms with Crippen LogP contribution in [0.1, 0.15) is 37.1 Å². The Morgan fingerprint density at radius 1 is 1.43 bits per heavy atom. The molecule has 1 aromatic rings. The Labute approximate surface area is 124 Å². The topological polar surface area (TPSA) is 82.5 Å². The number of carbonyl (C=O) groups is 2. The van der Waals surface area contributed by atoms with Crippen LogP contribution in [0.3, 0.4) is 0 Å². The van der Waals surface area contributed by atoms with Gasteiger partial charge in [-0.25, -0.2) is 4.79 Å². The Bertz CT molecular complexity index is 541. The SMILES string of the molecule is Cc1cccc(CN(C)C(=O)NC2(CC(=O)O)CCC2)n1. The standard InChI is InChI=1S/C15H21N3O3/c1-11-5-3-6-12(16-11)10-18(2)14(21)17-15(7-4-8-15)9-13(19)20/h3,5-6H,4,7-10H2,1-2H3,(H,17,21)(H,19,20). The molecule has 2 amide bonds. The maximum absolute atomic E-state index is 12.2. The van der Waals surface area contributed by atoms with Crippen molar-refractivity contribution in [3.05, 3.63) is 29.6 Å². The van der Waals surface area contributed by atoms with Crippen molar-refractivity contribution in [1.82, 2.24) is 15.2 Å². The molecule has 0 atom stereocenters. The Kier molecular flexibility index (Phi) is 4.45. The second-order valence-corrected chi connectivity index (χ2v) is 5.76. The quantitative estimate of drug-likeness (QED) is 0.868. The molecule has 0 saturated heterocycles. The number of pyridine rings is 1. The highest BCUT2D eigenvalue weighted by molar-refractivity contribution is 5.77. The Hall–Kier alpha value is -2.11. The van der Waals surface area contributed by atoms with E-state index >= 15 is 0 Å². The third-order valence-electron chi connectivity index (χ3n) is 3.86. The predicted octanol–water partition coefficient (Wildman–Crippen LogP) is 1.93. The van der Waals surface area contributed by atoms with Crippen molar-refractivity contribution in [2.24, 2.45) is 0 Å². The van der Waals surface area contributed by atoms with Gasteiger partial charge in [0.1, 0.15) is 0 Å². The van der Waals surface area contributed by atoms with E-state index in [0.29, 0.717) is 6.54 Å². The van der Waals surface area contributed by atoms with Gasteiger partial charge in [-0.1, -0.05) is 6.07 Å². The van der Waals surface area contributed by atoms with E-state index in [2.05, 4.69) is 10.3 Å². The van der Waals surface area contributed by atoms with Crippen LogP contribution in [-0.2, 0) is 11.3 Å². The number of amides is 2. The third kappa shape index (κ3) is 3.93. The summed E-state index contributed by atoms with van der Waals surface area (Å²) in [6, 6.07) is 5.42. The first-order chi connectivity index (χ1) is 9.90. The molecule has 0 radical (unpaired) electrons. The van der Waals surface area contributed by atoms with Gasteiger partial charge >= 0.3 is 12.0 Å². The molecule has 0 bridgehead atoms. The summed E-state index contributed by atoms with van der Waals surface area (Å²) in [5.74, 6) is -0.877. The van der Waals surface area contributed by atoms with Crippen LogP contribution in [-0.4, -0.2) is 39.6 Å². The molecule has 0 spiro atoms. The lowest BCUT2D eigenvalue weighted by molar-refractivity contribution is -0.139. The number of carbonyl (C=O) groups excluding carboxylic acids is 1. The molecule has 6 nitrogen and oxygen atoms in total. The highest BCUT2D eigenvalue weighted by atomic mass is 16.4. The minimum atomic E-state index is -0.877. The average molecular weight is 291 g/mol. The molecular weight excluding hydrogens is 270 g/mol. The molecule has 0 unspecified atom stereocenters. The Morgan fingerprint density at radius 2 is 2.14 bits per heavy atom. The lowest BCUT2D eigenvalue weighted by Crippen LogP contribution is -2.57. The van der Waals surface area contributed by atoms with Gasteiger partial charge in [0, 0.05) is 12.7 Å². The summed E-state index contributed by atoms with van der Waals surface area (Å²) in [4.78, 5) is 29.0. The summed E-state index contributed by atoms with van der Waals surface area (Å²) in [5.41, 5.74) is 1.15. The van der Waals surface area contributed by atoms with Crippen LogP contribution in [0.25, 0.3) is 0 Å². The predicted molar refractivity (Wildman–Crippen MR) is 77.8 cm³/mol. The minimum absolute atomic E-state index is 0.0186. The van der Waals surface area contributed by atoms with E-state index in [4.69, 9.17) is 5.11 Å². The normalized spacial score (nSPS) is 15.9. The number of carboxylic acids is 1. The number of hydrogen-bond acceptors (Lipinski definition) is 3. The van der Waals surface area contributed by atoms with Crippen molar-refractivity contribution in [3.63, 3.8) is 0 Å². The molecule has 0 aliphatic heterocycles. The van der Waals surface area contributed by atoms with Crippen molar-refractivity contribution in [3.8, 4) is 0 Å². The van der Waals surface area contributed by atoms with E-state index in [-0.39, 0.29) is 12.5 Å². The van der Waals surface area contributed by atoms with Gasteiger partial charge in [-0.2, -0.15) is 0 Å². The van der Waals surface area contributed by atoms with Gasteiger partial charge in [-0.15, -0.1) is 0 Å². The average Bonchev–Trinajstić information content (AvgIpc) is 2.35. The number of aliphatic carboxylic acids is 1.